The topological polar surface area (TPSA) is 57.7 Å². The molecule has 2 aromatic rings. The summed E-state index contributed by atoms with van der Waals surface area (Å²) >= 11 is 0. The van der Waals surface area contributed by atoms with E-state index in [1.165, 1.54) is 5.56 Å². The van der Waals surface area contributed by atoms with E-state index in [9.17, 15) is 4.79 Å². The number of carbonyl (C=O) groups is 1. The van der Waals surface area contributed by atoms with E-state index in [0.717, 1.165) is 37.5 Å². The molecule has 0 radical (unpaired) electrons. The number of likely N-dealkylation sites (tertiary alicyclic amines) is 1. The second-order valence-electron chi connectivity index (χ2n) is 7.79. The Kier molecular flexibility index (Phi) is 6.65. The molecule has 1 amide bonds. The summed E-state index contributed by atoms with van der Waals surface area (Å²) in [6.45, 7) is 5.50. The van der Waals surface area contributed by atoms with E-state index in [1.54, 1.807) is 13.3 Å². The van der Waals surface area contributed by atoms with Crippen molar-refractivity contribution in [1.29, 1.82) is 0 Å². The van der Waals surface area contributed by atoms with Crippen LogP contribution in [0.15, 0.2) is 42.7 Å². The van der Waals surface area contributed by atoms with E-state index >= 15 is 0 Å². The van der Waals surface area contributed by atoms with Gasteiger partial charge in [0.25, 0.3) is 5.91 Å². The summed E-state index contributed by atoms with van der Waals surface area (Å²) in [6.07, 6.45) is 3.70. The second kappa shape index (κ2) is 9.17. The molecular formula is C22H30N4O2. The molecule has 2 atom stereocenters. The van der Waals surface area contributed by atoms with Crippen molar-refractivity contribution in [2.75, 3.05) is 40.8 Å². The highest BCUT2D eigenvalue weighted by Gasteiger charge is 2.34. The smallest absolute Gasteiger partial charge is 0.251 e. The molecule has 1 aromatic heterocycles. The SMILES string of the molecule is COc1cccc(C(=O)N[C@@H]2CN(Cc3cccnc3)C[C@H]2CN(C)C)c1C. The molecule has 1 aliphatic heterocycles. The number of benzene rings is 1. The predicted octanol–water partition coefficient (Wildman–Crippen LogP) is 2.19. The fourth-order valence-corrected chi connectivity index (χ4v) is 3.98. The third kappa shape index (κ3) is 4.88. The van der Waals surface area contributed by atoms with Gasteiger partial charge in [0.1, 0.15) is 5.75 Å². The van der Waals surface area contributed by atoms with Crippen molar-refractivity contribution in [3.63, 3.8) is 0 Å². The summed E-state index contributed by atoms with van der Waals surface area (Å²) in [7, 11) is 5.79. The fourth-order valence-electron chi connectivity index (χ4n) is 3.98. The molecule has 1 N–H and O–H groups in total. The van der Waals surface area contributed by atoms with Crippen molar-refractivity contribution in [3.05, 3.63) is 59.4 Å². The minimum absolute atomic E-state index is 0.0339. The van der Waals surface area contributed by atoms with Crippen molar-refractivity contribution < 1.29 is 9.53 Å². The zero-order valence-corrected chi connectivity index (χ0v) is 17.2. The summed E-state index contributed by atoms with van der Waals surface area (Å²) in [5.41, 5.74) is 2.74. The predicted molar refractivity (Wildman–Crippen MR) is 111 cm³/mol. The molecule has 1 aromatic carbocycles. The van der Waals surface area contributed by atoms with Gasteiger partial charge < -0.3 is 15.0 Å². The van der Waals surface area contributed by atoms with Gasteiger partial charge in [0.15, 0.2) is 0 Å². The first-order valence-electron chi connectivity index (χ1n) is 9.68. The van der Waals surface area contributed by atoms with E-state index in [-0.39, 0.29) is 11.9 Å². The zero-order chi connectivity index (χ0) is 20.1. The van der Waals surface area contributed by atoms with Crippen LogP contribution in [0.1, 0.15) is 21.5 Å². The van der Waals surface area contributed by atoms with Crippen LogP contribution in [0.2, 0.25) is 0 Å². The number of carbonyl (C=O) groups excluding carboxylic acids is 1. The molecule has 2 heterocycles. The summed E-state index contributed by atoms with van der Waals surface area (Å²) in [6, 6.07) is 9.77. The van der Waals surface area contributed by atoms with Crippen LogP contribution >= 0.6 is 0 Å². The van der Waals surface area contributed by atoms with E-state index in [4.69, 9.17) is 4.74 Å². The van der Waals surface area contributed by atoms with Crippen molar-refractivity contribution in [2.24, 2.45) is 5.92 Å². The van der Waals surface area contributed by atoms with Crippen molar-refractivity contribution in [3.8, 4) is 5.75 Å². The average molecular weight is 383 g/mol. The van der Waals surface area contributed by atoms with E-state index in [0.29, 0.717) is 11.5 Å². The number of rotatable bonds is 7. The van der Waals surface area contributed by atoms with Crippen LogP contribution in [0, 0.1) is 12.8 Å². The highest BCUT2D eigenvalue weighted by molar-refractivity contribution is 5.96. The van der Waals surface area contributed by atoms with Gasteiger partial charge in [0, 0.05) is 61.7 Å². The molecule has 1 aliphatic rings. The molecule has 1 fully saturated rings. The van der Waals surface area contributed by atoms with Crippen molar-refractivity contribution in [2.45, 2.75) is 19.5 Å². The molecule has 0 bridgehead atoms. The number of hydrogen-bond acceptors (Lipinski definition) is 5. The van der Waals surface area contributed by atoms with Crippen LogP contribution in [0.3, 0.4) is 0 Å². The first kappa shape index (κ1) is 20.3. The number of nitrogens with one attached hydrogen (secondary N) is 1. The lowest BCUT2D eigenvalue weighted by molar-refractivity contribution is 0.0925. The lowest BCUT2D eigenvalue weighted by Crippen LogP contribution is -2.43. The van der Waals surface area contributed by atoms with Gasteiger partial charge in [0.05, 0.1) is 7.11 Å². The third-order valence-electron chi connectivity index (χ3n) is 5.31. The molecule has 6 heteroatoms. The molecule has 0 saturated carbocycles. The first-order valence-corrected chi connectivity index (χ1v) is 9.68. The molecule has 0 unspecified atom stereocenters. The molecule has 28 heavy (non-hydrogen) atoms. The Morgan fingerprint density at radius 1 is 1.29 bits per heavy atom. The van der Waals surface area contributed by atoms with Gasteiger partial charge >= 0.3 is 0 Å². The maximum atomic E-state index is 13.0. The van der Waals surface area contributed by atoms with E-state index in [1.807, 2.05) is 37.4 Å². The standard InChI is InChI=1S/C22H30N4O2/c1-16-19(8-5-9-21(16)28-4)22(27)24-20-15-26(14-18(20)13-25(2)3)12-17-7-6-10-23-11-17/h5-11,18,20H,12-15H2,1-4H3,(H,24,27)/t18-,20-/m1/s1. The number of aromatic nitrogens is 1. The van der Waals surface area contributed by atoms with Crippen molar-refractivity contribution >= 4 is 5.91 Å². The number of nitrogens with zero attached hydrogens (tertiary/aromatic N) is 3. The Hall–Kier alpha value is -2.44. The van der Waals surface area contributed by atoms with Gasteiger partial charge in [-0.05, 0) is 44.8 Å². The Balaban J connectivity index is 1.72. The number of hydrogen-bond donors (Lipinski definition) is 1. The average Bonchev–Trinajstić information content (AvgIpc) is 3.02. The fraction of sp³-hybridized carbons (Fsp3) is 0.455. The summed E-state index contributed by atoms with van der Waals surface area (Å²) < 4.78 is 5.36. The minimum Gasteiger partial charge on any atom is -0.496 e. The number of pyridine rings is 1. The van der Waals surface area contributed by atoms with Crippen LogP contribution < -0.4 is 10.1 Å². The van der Waals surface area contributed by atoms with Crippen molar-refractivity contribution in [1.82, 2.24) is 20.1 Å². The second-order valence-corrected chi connectivity index (χ2v) is 7.79. The number of methoxy groups -OCH3 is 1. The Morgan fingerprint density at radius 2 is 2.11 bits per heavy atom. The monoisotopic (exact) mass is 382 g/mol. The lowest BCUT2D eigenvalue weighted by atomic mass is 10.0. The Labute approximate surface area is 167 Å². The zero-order valence-electron chi connectivity index (χ0n) is 17.2. The van der Waals surface area contributed by atoms with E-state index < -0.39 is 0 Å². The lowest BCUT2D eigenvalue weighted by Gasteiger charge is -2.23. The highest BCUT2D eigenvalue weighted by Crippen LogP contribution is 2.23. The molecular weight excluding hydrogens is 352 g/mol. The molecule has 6 nitrogen and oxygen atoms in total. The molecule has 0 aliphatic carbocycles. The van der Waals surface area contributed by atoms with Crippen LogP contribution in [0.5, 0.6) is 5.75 Å². The molecule has 3 rings (SSSR count). The van der Waals surface area contributed by atoms with Crippen LogP contribution in [-0.4, -0.2) is 67.6 Å². The van der Waals surface area contributed by atoms with Crippen LogP contribution in [-0.2, 0) is 6.54 Å². The summed E-state index contributed by atoms with van der Waals surface area (Å²) in [5, 5.41) is 3.28. The third-order valence-corrected chi connectivity index (χ3v) is 5.31. The normalized spacial score (nSPS) is 19.8. The van der Waals surface area contributed by atoms with Gasteiger partial charge in [-0.3, -0.25) is 14.7 Å². The molecule has 150 valence electrons. The van der Waals surface area contributed by atoms with Crippen LogP contribution in [0.4, 0.5) is 0 Å². The number of amides is 1. The Morgan fingerprint density at radius 3 is 2.79 bits per heavy atom. The molecule has 1 saturated heterocycles. The maximum absolute atomic E-state index is 13.0. The minimum atomic E-state index is -0.0339. The van der Waals surface area contributed by atoms with Gasteiger partial charge in [-0.15, -0.1) is 0 Å². The first-order chi connectivity index (χ1) is 13.5. The van der Waals surface area contributed by atoms with Gasteiger partial charge in [-0.2, -0.15) is 0 Å². The Bertz CT molecular complexity index is 794. The highest BCUT2D eigenvalue weighted by atomic mass is 16.5. The van der Waals surface area contributed by atoms with Gasteiger partial charge in [-0.1, -0.05) is 12.1 Å². The number of ether oxygens (including phenoxy) is 1. The maximum Gasteiger partial charge on any atom is 0.251 e. The van der Waals surface area contributed by atoms with E-state index in [2.05, 4.69) is 40.3 Å². The van der Waals surface area contributed by atoms with Gasteiger partial charge in [0.2, 0.25) is 0 Å². The summed E-state index contributed by atoms with van der Waals surface area (Å²) in [4.78, 5) is 21.8. The largest absolute Gasteiger partial charge is 0.496 e. The molecule has 0 spiro atoms. The van der Waals surface area contributed by atoms with Gasteiger partial charge in [-0.25, -0.2) is 0 Å². The quantitative estimate of drug-likeness (QED) is 0.796. The summed E-state index contributed by atoms with van der Waals surface area (Å²) in [5.74, 6) is 1.08. The van der Waals surface area contributed by atoms with Crippen LogP contribution in [0.25, 0.3) is 0 Å².